The van der Waals surface area contributed by atoms with Gasteiger partial charge in [0.25, 0.3) is 0 Å². The molecule has 2 fully saturated rings. The SMILES string of the molecule is CCNC1CCC(C)(C)CC1N1CC(C)CC(C)C1. The van der Waals surface area contributed by atoms with E-state index in [1.54, 1.807) is 0 Å². The molecule has 1 heterocycles. The summed E-state index contributed by atoms with van der Waals surface area (Å²) in [5, 5.41) is 3.76. The molecule has 0 amide bonds. The predicted octanol–water partition coefficient (Wildman–Crippen LogP) is 3.52. The number of likely N-dealkylation sites (tertiary alicyclic amines) is 1. The number of nitrogens with zero attached hydrogens (tertiary/aromatic N) is 1. The number of piperidine rings is 1. The minimum absolute atomic E-state index is 0.528. The van der Waals surface area contributed by atoms with Crippen LogP contribution in [0.3, 0.4) is 0 Å². The van der Waals surface area contributed by atoms with Crippen molar-refractivity contribution in [3.8, 4) is 0 Å². The van der Waals surface area contributed by atoms with Crippen molar-refractivity contribution in [2.75, 3.05) is 19.6 Å². The van der Waals surface area contributed by atoms with E-state index in [4.69, 9.17) is 0 Å². The van der Waals surface area contributed by atoms with Crippen molar-refractivity contribution < 1.29 is 0 Å². The second-order valence-electron chi connectivity index (χ2n) is 8.04. The van der Waals surface area contributed by atoms with Gasteiger partial charge in [-0.2, -0.15) is 0 Å². The molecule has 0 bridgehead atoms. The molecule has 1 aliphatic heterocycles. The van der Waals surface area contributed by atoms with Crippen molar-refractivity contribution >= 4 is 0 Å². The first-order valence-corrected chi connectivity index (χ1v) is 8.38. The molecular formula is C17H34N2. The van der Waals surface area contributed by atoms with Crippen molar-refractivity contribution in [1.82, 2.24) is 10.2 Å². The molecule has 0 spiro atoms. The molecule has 0 aromatic rings. The Morgan fingerprint density at radius 3 is 2.37 bits per heavy atom. The van der Waals surface area contributed by atoms with Gasteiger partial charge >= 0.3 is 0 Å². The van der Waals surface area contributed by atoms with E-state index in [0.29, 0.717) is 5.41 Å². The molecular weight excluding hydrogens is 232 g/mol. The lowest BCUT2D eigenvalue weighted by atomic mass is 9.71. The van der Waals surface area contributed by atoms with Gasteiger partial charge in [0, 0.05) is 25.2 Å². The van der Waals surface area contributed by atoms with Crippen LogP contribution in [0.1, 0.15) is 60.3 Å². The van der Waals surface area contributed by atoms with E-state index >= 15 is 0 Å². The summed E-state index contributed by atoms with van der Waals surface area (Å²) >= 11 is 0. The van der Waals surface area contributed by atoms with Crippen LogP contribution in [-0.4, -0.2) is 36.6 Å². The van der Waals surface area contributed by atoms with Crippen molar-refractivity contribution in [2.24, 2.45) is 17.3 Å². The predicted molar refractivity (Wildman–Crippen MR) is 83.4 cm³/mol. The fourth-order valence-corrected chi connectivity index (χ4v) is 4.41. The van der Waals surface area contributed by atoms with Gasteiger partial charge in [-0.05, 0) is 49.5 Å². The molecule has 1 saturated carbocycles. The number of rotatable bonds is 3. The first kappa shape index (κ1) is 15.3. The zero-order chi connectivity index (χ0) is 14.0. The van der Waals surface area contributed by atoms with E-state index < -0.39 is 0 Å². The average Bonchev–Trinajstić information content (AvgIpc) is 2.30. The molecule has 1 saturated heterocycles. The fraction of sp³-hybridized carbons (Fsp3) is 1.00. The Hall–Kier alpha value is -0.0800. The summed E-state index contributed by atoms with van der Waals surface area (Å²) in [6, 6.07) is 1.48. The Morgan fingerprint density at radius 1 is 1.16 bits per heavy atom. The quantitative estimate of drug-likeness (QED) is 0.841. The van der Waals surface area contributed by atoms with Gasteiger partial charge in [-0.3, -0.25) is 4.90 Å². The average molecular weight is 266 g/mol. The zero-order valence-electron chi connectivity index (χ0n) is 13.7. The maximum absolute atomic E-state index is 3.76. The Morgan fingerprint density at radius 2 is 1.79 bits per heavy atom. The van der Waals surface area contributed by atoms with Gasteiger partial charge in [-0.1, -0.05) is 34.6 Å². The summed E-state index contributed by atoms with van der Waals surface area (Å²) in [5.74, 6) is 1.74. The van der Waals surface area contributed by atoms with Crippen LogP contribution in [0.2, 0.25) is 0 Å². The molecule has 1 aliphatic carbocycles. The Balaban J connectivity index is 2.07. The van der Waals surface area contributed by atoms with Gasteiger partial charge in [0.05, 0.1) is 0 Å². The molecule has 0 radical (unpaired) electrons. The van der Waals surface area contributed by atoms with Crippen molar-refractivity contribution in [3.63, 3.8) is 0 Å². The highest BCUT2D eigenvalue weighted by Crippen LogP contribution is 2.39. The maximum atomic E-state index is 3.76. The van der Waals surface area contributed by atoms with Crippen molar-refractivity contribution in [1.29, 1.82) is 0 Å². The summed E-state index contributed by atoms with van der Waals surface area (Å²) in [4.78, 5) is 2.81. The summed E-state index contributed by atoms with van der Waals surface area (Å²) in [6.07, 6.45) is 5.51. The number of hydrogen-bond donors (Lipinski definition) is 1. The molecule has 1 N–H and O–H groups in total. The smallest absolute Gasteiger partial charge is 0.0254 e. The van der Waals surface area contributed by atoms with E-state index in [-0.39, 0.29) is 0 Å². The highest BCUT2D eigenvalue weighted by atomic mass is 15.2. The van der Waals surface area contributed by atoms with Gasteiger partial charge in [0.2, 0.25) is 0 Å². The highest BCUT2D eigenvalue weighted by Gasteiger charge is 2.39. The van der Waals surface area contributed by atoms with Crippen molar-refractivity contribution in [2.45, 2.75) is 72.4 Å². The van der Waals surface area contributed by atoms with E-state index in [1.807, 2.05) is 0 Å². The minimum atomic E-state index is 0.528. The molecule has 2 nitrogen and oxygen atoms in total. The summed E-state index contributed by atoms with van der Waals surface area (Å²) < 4.78 is 0. The van der Waals surface area contributed by atoms with Gasteiger partial charge < -0.3 is 5.32 Å². The molecule has 4 atom stereocenters. The lowest BCUT2D eigenvalue weighted by Gasteiger charge is -2.49. The third-order valence-electron chi connectivity index (χ3n) is 5.19. The minimum Gasteiger partial charge on any atom is -0.313 e. The first-order valence-electron chi connectivity index (χ1n) is 8.38. The van der Waals surface area contributed by atoms with Crippen LogP contribution in [0, 0.1) is 17.3 Å². The van der Waals surface area contributed by atoms with Gasteiger partial charge in [0.15, 0.2) is 0 Å². The summed E-state index contributed by atoms with van der Waals surface area (Å²) in [7, 11) is 0. The molecule has 112 valence electrons. The third kappa shape index (κ3) is 3.95. The third-order valence-corrected chi connectivity index (χ3v) is 5.19. The van der Waals surface area contributed by atoms with Crippen LogP contribution in [0.4, 0.5) is 0 Å². The van der Waals surface area contributed by atoms with E-state index in [0.717, 1.165) is 30.5 Å². The topological polar surface area (TPSA) is 15.3 Å². The van der Waals surface area contributed by atoms with Crippen LogP contribution in [0.15, 0.2) is 0 Å². The second-order valence-corrected chi connectivity index (χ2v) is 8.04. The van der Waals surface area contributed by atoms with Gasteiger partial charge in [-0.15, -0.1) is 0 Å². The lowest BCUT2D eigenvalue weighted by Crippen LogP contribution is -2.57. The zero-order valence-corrected chi connectivity index (χ0v) is 13.7. The Labute approximate surface area is 120 Å². The van der Waals surface area contributed by atoms with Crippen LogP contribution in [0.25, 0.3) is 0 Å². The monoisotopic (exact) mass is 266 g/mol. The molecule has 0 aromatic heterocycles. The standard InChI is InChI=1S/C17H34N2/c1-6-18-15-7-8-17(4,5)10-16(15)19-11-13(2)9-14(3)12-19/h13-16,18H,6-12H2,1-5H3. The second kappa shape index (κ2) is 6.13. The normalized spacial score (nSPS) is 40.3. The molecule has 4 unspecified atom stereocenters. The van der Waals surface area contributed by atoms with E-state index in [2.05, 4.69) is 44.8 Å². The largest absolute Gasteiger partial charge is 0.313 e. The molecule has 0 aromatic carbocycles. The summed E-state index contributed by atoms with van der Waals surface area (Å²) in [5.41, 5.74) is 0.528. The van der Waals surface area contributed by atoms with Gasteiger partial charge in [-0.25, -0.2) is 0 Å². The van der Waals surface area contributed by atoms with Crippen LogP contribution < -0.4 is 5.32 Å². The number of hydrogen-bond acceptors (Lipinski definition) is 2. The molecule has 2 heteroatoms. The number of likely N-dealkylation sites (N-methyl/N-ethyl adjacent to an activating group) is 1. The number of nitrogens with one attached hydrogen (secondary N) is 1. The van der Waals surface area contributed by atoms with Crippen LogP contribution >= 0.6 is 0 Å². The maximum Gasteiger partial charge on any atom is 0.0254 e. The van der Waals surface area contributed by atoms with Crippen molar-refractivity contribution in [3.05, 3.63) is 0 Å². The first-order chi connectivity index (χ1) is 8.91. The Bertz CT molecular complexity index is 277. The Kier molecular flexibility index (Phi) is 4.94. The van der Waals surface area contributed by atoms with Crippen LogP contribution in [-0.2, 0) is 0 Å². The summed E-state index contributed by atoms with van der Waals surface area (Å²) in [6.45, 7) is 15.8. The lowest BCUT2D eigenvalue weighted by molar-refractivity contribution is 0.0235. The fourth-order valence-electron chi connectivity index (χ4n) is 4.41. The van der Waals surface area contributed by atoms with Gasteiger partial charge in [0.1, 0.15) is 0 Å². The molecule has 19 heavy (non-hydrogen) atoms. The molecule has 2 rings (SSSR count). The highest BCUT2D eigenvalue weighted by molar-refractivity contribution is 4.96. The van der Waals surface area contributed by atoms with E-state index in [1.165, 1.54) is 38.8 Å². The van der Waals surface area contributed by atoms with E-state index in [9.17, 15) is 0 Å². The van der Waals surface area contributed by atoms with Crippen LogP contribution in [0.5, 0.6) is 0 Å². The molecule has 2 aliphatic rings.